The van der Waals surface area contributed by atoms with E-state index in [9.17, 15) is 8.42 Å². The van der Waals surface area contributed by atoms with E-state index in [1.54, 1.807) is 16.8 Å². The van der Waals surface area contributed by atoms with Crippen molar-refractivity contribution in [1.29, 1.82) is 0 Å². The third kappa shape index (κ3) is 3.02. The van der Waals surface area contributed by atoms with E-state index in [-0.39, 0.29) is 10.8 Å². The van der Waals surface area contributed by atoms with Gasteiger partial charge in [-0.15, -0.1) is 6.58 Å². The summed E-state index contributed by atoms with van der Waals surface area (Å²) in [4.78, 5) is 4.40. The number of benzene rings is 1. The van der Waals surface area contributed by atoms with Gasteiger partial charge < -0.3 is 5.73 Å². The molecule has 5 nitrogen and oxygen atoms in total. The molecular formula is C17H16BrN3O2S. The second-order valence-electron chi connectivity index (χ2n) is 5.33. The average molecular weight is 406 g/mol. The van der Waals surface area contributed by atoms with Gasteiger partial charge in [0.1, 0.15) is 10.7 Å². The van der Waals surface area contributed by atoms with Crippen molar-refractivity contribution in [3.05, 3.63) is 65.3 Å². The zero-order valence-electron chi connectivity index (χ0n) is 12.8. The second-order valence-corrected chi connectivity index (χ2v) is 8.22. The Balaban J connectivity index is 2.32. The van der Waals surface area contributed by atoms with Crippen molar-refractivity contribution in [3.8, 4) is 5.69 Å². The van der Waals surface area contributed by atoms with E-state index in [0.717, 1.165) is 21.1 Å². The number of hydrogen-bond donors (Lipinski definition) is 1. The van der Waals surface area contributed by atoms with E-state index in [4.69, 9.17) is 5.73 Å². The van der Waals surface area contributed by atoms with E-state index >= 15 is 0 Å². The standard InChI is InChI=1S/C17H16BrN3O2S/c1-2-7-24(22,23)16-9-13-8-14(18)11-20-17(13)21(16)15-5-3-12(10-19)4-6-15/h2-6,8-9,11H,1,7,10,19H2. The Morgan fingerprint density at radius 2 is 1.96 bits per heavy atom. The monoisotopic (exact) mass is 405 g/mol. The van der Waals surface area contributed by atoms with E-state index in [2.05, 4.69) is 27.5 Å². The average Bonchev–Trinajstić information content (AvgIpc) is 2.94. The predicted octanol–water partition coefficient (Wildman–Crippen LogP) is 3.21. The normalized spacial score (nSPS) is 11.8. The lowest BCUT2D eigenvalue weighted by Gasteiger charge is -2.11. The third-order valence-electron chi connectivity index (χ3n) is 3.66. The van der Waals surface area contributed by atoms with Crippen molar-refractivity contribution in [1.82, 2.24) is 9.55 Å². The molecule has 0 aliphatic rings. The Morgan fingerprint density at radius 3 is 2.58 bits per heavy atom. The molecule has 3 aromatic rings. The van der Waals surface area contributed by atoms with Crippen molar-refractivity contribution in [2.24, 2.45) is 5.73 Å². The van der Waals surface area contributed by atoms with Crippen molar-refractivity contribution >= 4 is 36.8 Å². The van der Waals surface area contributed by atoms with Gasteiger partial charge in [-0.3, -0.25) is 4.57 Å². The summed E-state index contributed by atoms with van der Waals surface area (Å²) in [7, 11) is -3.51. The maximum absolute atomic E-state index is 12.7. The highest BCUT2D eigenvalue weighted by Gasteiger charge is 2.22. The molecule has 124 valence electrons. The molecule has 0 saturated heterocycles. The Bertz CT molecular complexity index is 1010. The molecule has 1 aromatic carbocycles. The number of nitrogens with two attached hydrogens (primary N) is 1. The summed E-state index contributed by atoms with van der Waals surface area (Å²) in [6, 6.07) is 10.9. The van der Waals surface area contributed by atoms with Gasteiger partial charge in [0.05, 0.1) is 5.75 Å². The van der Waals surface area contributed by atoms with Gasteiger partial charge in [-0.1, -0.05) is 18.2 Å². The van der Waals surface area contributed by atoms with Crippen LogP contribution in [0, 0.1) is 0 Å². The number of aromatic nitrogens is 2. The maximum atomic E-state index is 12.7. The van der Waals surface area contributed by atoms with Crippen LogP contribution in [0.1, 0.15) is 5.56 Å². The molecule has 2 heterocycles. The van der Waals surface area contributed by atoms with Crippen molar-refractivity contribution in [2.75, 3.05) is 5.75 Å². The number of hydrogen-bond acceptors (Lipinski definition) is 4. The molecule has 0 saturated carbocycles. The molecule has 0 fully saturated rings. The summed E-state index contributed by atoms with van der Waals surface area (Å²) in [6.45, 7) is 3.97. The first kappa shape index (κ1) is 16.9. The first-order valence-corrected chi connectivity index (χ1v) is 9.71. The number of pyridine rings is 1. The molecule has 0 atom stereocenters. The molecular weight excluding hydrogens is 390 g/mol. The number of halogens is 1. The number of nitrogens with zero attached hydrogens (tertiary/aromatic N) is 2. The fourth-order valence-corrected chi connectivity index (χ4v) is 4.15. The molecule has 0 radical (unpaired) electrons. The van der Waals surface area contributed by atoms with Crippen LogP contribution < -0.4 is 5.73 Å². The molecule has 0 unspecified atom stereocenters. The van der Waals surface area contributed by atoms with E-state index < -0.39 is 9.84 Å². The quantitative estimate of drug-likeness (QED) is 0.660. The number of sulfone groups is 1. The molecule has 2 N–H and O–H groups in total. The van der Waals surface area contributed by atoms with Gasteiger partial charge >= 0.3 is 0 Å². The van der Waals surface area contributed by atoms with Crippen molar-refractivity contribution in [3.63, 3.8) is 0 Å². The number of fused-ring (bicyclic) bond motifs is 1. The second kappa shape index (κ2) is 6.51. The van der Waals surface area contributed by atoms with E-state index in [0.29, 0.717) is 12.2 Å². The predicted molar refractivity (Wildman–Crippen MR) is 98.9 cm³/mol. The van der Waals surface area contributed by atoms with Crippen LogP contribution in [0.5, 0.6) is 0 Å². The van der Waals surface area contributed by atoms with Gasteiger partial charge in [0.2, 0.25) is 0 Å². The van der Waals surface area contributed by atoms with Crippen LogP contribution in [0.3, 0.4) is 0 Å². The highest BCUT2D eigenvalue weighted by Crippen LogP contribution is 2.28. The minimum atomic E-state index is -3.51. The fraction of sp³-hybridized carbons (Fsp3) is 0.118. The van der Waals surface area contributed by atoms with E-state index in [1.165, 1.54) is 6.08 Å². The summed E-state index contributed by atoms with van der Waals surface area (Å²) in [5.41, 5.74) is 7.91. The summed E-state index contributed by atoms with van der Waals surface area (Å²) in [6.07, 6.45) is 3.04. The van der Waals surface area contributed by atoms with Crippen LogP contribution in [0.25, 0.3) is 16.7 Å². The van der Waals surface area contributed by atoms with Gasteiger partial charge in [-0.25, -0.2) is 13.4 Å². The van der Waals surface area contributed by atoms with Crippen molar-refractivity contribution < 1.29 is 8.42 Å². The molecule has 0 aliphatic carbocycles. The topological polar surface area (TPSA) is 78.0 Å². The molecule has 0 bridgehead atoms. The van der Waals surface area contributed by atoms with Crippen LogP contribution in [-0.2, 0) is 16.4 Å². The van der Waals surface area contributed by atoms with Crippen LogP contribution in [-0.4, -0.2) is 23.7 Å². The lowest BCUT2D eigenvalue weighted by molar-refractivity contribution is 0.593. The Morgan fingerprint density at radius 1 is 1.25 bits per heavy atom. The zero-order valence-corrected chi connectivity index (χ0v) is 15.2. The van der Waals surface area contributed by atoms with E-state index in [1.807, 2.05) is 30.3 Å². The molecule has 7 heteroatoms. The largest absolute Gasteiger partial charge is 0.326 e. The molecule has 3 rings (SSSR count). The van der Waals surface area contributed by atoms with Crippen LogP contribution in [0.15, 0.2) is 64.7 Å². The first-order chi connectivity index (χ1) is 11.5. The molecule has 24 heavy (non-hydrogen) atoms. The highest BCUT2D eigenvalue weighted by atomic mass is 79.9. The lowest BCUT2D eigenvalue weighted by Crippen LogP contribution is -2.11. The molecule has 0 spiro atoms. The number of rotatable bonds is 5. The summed E-state index contributed by atoms with van der Waals surface area (Å²) in [5.74, 6) is -0.134. The Hall–Kier alpha value is -1.96. The summed E-state index contributed by atoms with van der Waals surface area (Å²) >= 11 is 3.37. The summed E-state index contributed by atoms with van der Waals surface area (Å²) in [5, 5.41) is 0.943. The minimum Gasteiger partial charge on any atom is -0.326 e. The van der Waals surface area contributed by atoms with Crippen molar-refractivity contribution in [2.45, 2.75) is 11.6 Å². The van der Waals surface area contributed by atoms with Crippen LogP contribution in [0.2, 0.25) is 0 Å². The van der Waals surface area contributed by atoms with Crippen LogP contribution in [0.4, 0.5) is 0 Å². The van der Waals surface area contributed by atoms with Gasteiger partial charge in [-0.05, 0) is 45.8 Å². The van der Waals surface area contributed by atoms with Gasteiger partial charge in [0.25, 0.3) is 0 Å². The minimum absolute atomic E-state index is 0.134. The smallest absolute Gasteiger partial charge is 0.197 e. The highest BCUT2D eigenvalue weighted by molar-refractivity contribution is 9.10. The SMILES string of the molecule is C=CCS(=O)(=O)c1cc2cc(Br)cnc2n1-c1ccc(CN)cc1. The zero-order chi connectivity index (χ0) is 17.3. The Kier molecular flexibility index (Phi) is 4.58. The van der Waals surface area contributed by atoms with Gasteiger partial charge in [0, 0.05) is 28.3 Å². The molecule has 2 aromatic heterocycles. The van der Waals surface area contributed by atoms with Crippen LogP contribution >= 0.6 is 15.9 Å². The lowest BCUT2D eigenvalue weighted by atomic mass is 10.2. The maximum Gasteiger partial charge on any atom is 0.197 e. The first-order valence-electron chi connectivity index (χ1n) is 7.26. The molecule has 0 aliphatic heterocycles. The Labute approximate surface area is 148 Å². The third-order valence-corrected chi connectivity index (χ3v) is 5.70. The summed E-state index contributed by atoms with van der Waals surface area (Å²) < 4.78 is 27.7. The van der Waals surface area contributed by atoms with Gasteiger partial charge in [0.15, 0.2) is 9.84 Å². The fourth-order valence-electron chi connectivity index (χ4n) is 2.54. The molecule has 0 amide bonds. The van der Waals surface area contributed by atoms with Gasteiger partial charge in [-0.2, -0.15) is 0 Å².